The maximum Gasteiger partial charge on any atom is 0.407 e. The van der Waals surface area contributed by atoms with Crippen LogP contribution in [0.3, 0.4) is 0 Å². The fourth-order valence-electron chi connectivity index (χ4n) is 2.48. The average Bonchev–Trinajstić information content (AvgIpc) is 2.65. The first-order valence-corrected chi connectivity index (χ1v) is 8.17. The van der Waals surface area contributed by atoms with E-state index in [0.29, 0.717) is 5.56 Å². The van der Waals surface area contributed by atoms with Gasteiger partial charge in [0.1, 0.15) is 6.61 Å². The molecule has 2 aromatic carbocycles. The molecule has 0 aliphatic heterocycles. The first-order valence-electron chi connectivity index (χ1n) is 8.17. The minimum atomic E-state index is -1.37. The molecule has 27 heavy (non-hydrogen) atoms. The van der Waals surface area contributed by atoms with Crippen molar-refractivity contribution in [3.05, 3.63) is 75.8 Å². The van der Waals surface area contributed by atoms with Gasteiger partial charge in [-0.2, -0.15) is 0 Å². The summed E-state index contributed by atoms with van der Waals surface area (Å²) in [7, 11) is 0. The van der Waals surface area contributed by atoms with Gasteiger partial charge in [0.25, 0.3) is 5.69 Å². The van der Waals surface area contributed by atoms with Gasteiger partial charge in [0.05, 0.1) is 16.4 Å². The number of hydrogen-bond acceptors (Lipinski definition) is 5. The highest BCUT2D eigenvalue weighted by Crippen LogP contribution is 2.34. The third kappa shape index (κ3) is 5.04. The molecular formula is C19H20N2O6. The molecule has 0 spiro atoms. The first-order chi connectivity index (χ1) is 12.7. The van der Waals surface area contributed by atoms with Crippen molar-refractivity contribution in [2.75, 3.05) is 0 Å². The topological polar surface area (TPSA) is 119 Å². The zero-order chi connectivity index (χ0) is 20.0. The molecule has 1 atom stereocenters. The Balaban J connectivity index is 2.18. The highest BCUT2D eigenvalue weighted by atomic mass is 16.6. The molecule has 2 rings (SSSR count). The van der Waals surface area contributed by atoms with E-state index in [0.717, 1.165) is 5.56 Å². The number of carbonyl (C=O) groups excluding carboxylic acids is 1. The van der Waals surface area contributed by atoms with Crippen LogP contribution in [0.5, 0.6) is 0 Å². The Morgan fingerprint density at radius 1 is 1.15 bits per heavy atom. The van der Waals surface area contributed by atoms with E-state index in [2.05, 4.69) is 5.32 Å². The SMILES string of the molecule is CC(C)(C(=O)O)[C@@H](NC(=O)OCc1ccccc1)c1ccc([N+](=O)[O-])cc1. The summed E-state index contributed by atoms with van der Waals surface area (Å²) in [4.78, 5) is 34.1. The largest absolute Gasteiger partial charge is 0.481 e. The Kier molecular flexibility index (Phi) is 6.12. The minimum Gasteiger partial charge on any atom is -0.481 e. The van der Waals surface area contributed by atoms with Gasteiger partial charge < -0.3 is 15.2 Å². The van der Waals surface area contributed by atoms with Crippen LogP contribution in [-0.4, -0.2) is 22.1 Å². The van der Waals surface area contributed by atoms with Crippen LogP contribution in [-0.2, 0) is 16.1 Å². The second-order valence-corrected chi connectivity index (χ2v) is 6.51. The van der Waals surface area contributed by atoms with Crippen molar-refractivity contribution in [3.8, 4) is 0 Å². The summed E-state index contributed by atoms with van der Waals surface area (Å²) in [5, 5.41) is 22.9. The number of ether oxygens (including phenoxy) is 1. The zero-order valence-corrected chi connectivity index (χ0v) is 14.9. The summed E-state index contributed by atoms with van der Waals surface area (Å²) in [6.07, 6.45) is -0.781. The fourth-order valence-corrected chi connectivity index (χ4v) is 2.48. The quantitative estimate of drug-likeness (QED) is 0.565. The number of carbonyl (C=O) groups is 2. The van der Waals surface area contributed by atoms with Gasteiger partial charge in [-0.3, -0.25) is 14.9 Å². The summed E-state index contributed by atoms with van der Waals surface area (Å²) in [5.74, 6) is -1.13. The normalized spacial score (nSPS) is 12.1. The second-order valence-electron chi connectivity index (χ2n) is 6.51. The lowest BCUT2D eigenvalue weighted by Crippen LogP contribution is -2.42. The van der Waals surface area contributed by atoms with Crippen molar-refractivity contribution >= 4 is 17.7 Å². The van der Waals surface area contributed by atoms with Crippen LogP contribution in [0.15, 0.2) is 54.6 Å². The van der Waals surface area contributed by atoms with Crippen molar-refractivity contribution < 1.29 is 24.4 Å². The van der Waals surface area contributed by atoms with E-state index in [9.17, 15) is 24.8 Å². The number of nitrogens with one attached hydrogen (secondary N) is 1. The standard InChI is InChI=1S/C19H20N2O6/c1-19(2,17(22)23)16(14-8-10-15(11-9-14)21(25)26)20-18(24)27-12-13-6-4-3-5-7-13/h3-11,16H,12H2,1-2H3,(H,20,24)(H,22,23)/t16-/m0/s1. The predicted molar refractivity (Wildman–Crippen MR) is 97.0 cm³/mol. The number of non-ortho nitro benzene ring substituents is 1. The van der Waals surface area contributed by atoms with Crippen molar-refractivity contribution in [1.29, 1.82) is 0 Å². The molecule has 0 aliphatic rings. The Bertz CT molecular complexity index is 818. The smallest absolute Gasteiger partial charge is 0.407 e. The van der Waals surface area contributed by atoms with E-state index < -0.39 is 28.4 Å². The van der Waals surface area contributed by atoms with Gasteiger partial charge in [0.2, 0.25) is 0 Å². The van der Waals surface area contributed by atoms with E-state index in [1.807, 2.05) is 18.2 Å². The van der Waals surface area contributed by atoms with Gasteiger partial charge in [0, 0.05) is 12.1 Å². The molecule has 8 heteroatoms. The molecule has 2 N–H and O–H groups in total. The molecule has 0 radical (unpaired) electrons. The number of nitrogens with zero attached hydrogens (tertiary/aromatic N) is 1. The minimum absolute atomic E-state index is 0.0349. The zero-order valence-electron chi connectivity index (χ0n) is 14.9. The van der Waals surface area contributed by atoms with Crippen LogP contribution >= 0.6 is 0 Å². The summed E-state index contributed by atoms with van der Waals surface area (Å²) in [6, 6.07) is 13.5. The van der Waals surface area contributed by atoms with Crippen LogP contribution in [0, 0.1) is 15.5 Å². The molecule has 8 nitrogen and oxygen atoms in total. The maximum atomic E-state index is 12.2. The lowest BCUT2D eigenvalue weighted by Gasteiger charge is -2.31. The number of nitro benzene ring substituents is 1. The second kappa shape index (κ2) is 8.31. The molecule has 2 aromatic rings. The number of carboxylic acid groups (broad SMARTS) is 1. The van der Waals surface area contributed by atoms with Gasteiger partial charge in [-0.05, 0) is 25.0 Å². The number of alkyl carbamates (subject to hydrolysis) is 1. The van der Waals surface area contributed by atoms with Crippen LogP contribution < -0.4 is 5.32 Å². The van der Waals surface area contributed by atoms with Crippen molar-refractivity contribution in [2.45, 2.75) is 26.5 Å². The monoisotopic (exact) mass is 372 g/mol. The highest BCUT2D eigenvalue weighted by molar-refractivity contribution is 5.77. The van der Waals surface area contributed by atoms with Crippen molar-refractivity contribution in [1.82, 2.24) is 5.32 Å². The van der Waals surface area contributed by atoms with E-state index >= 15 is 0 Å². The van der Waals surface area contributed by atoms with E-state index in [-0.39, 0.29) is 12.3 Å². The number of benzene rings is 2. The van der Waals surface area contributed by atoms with Gasteiger partial charge in [-0.15, -0.1) is 0 Å². The Labute approximate surface area is 155 Å². The maximum absolute atomic E-state index is 12.2. The molecule has 1 amide bonds. The Hall–Kier alpha value is -3.42. The third-order valence-electron chi connectivity index (χ3n) is 4.19. The van der Waals surface area contributed by atoms with Gasteiger partial charge in [-0.25, -0.2) is 4.79 Å². The number of amides is 1. The molecule has 0 saturated heterocycles. The predicted octanol–water partition coefficient (Wildman–Crippen LogP) is 3.67. The summed E-state index contributed by atoms with van der Waals surface area (Å²) in [6.45, 7) is 2.95. The Morgan fingerprint density at radius 3 is 2.26 bits per heavy atom. The summed E-state index contributed by atoms with van der Waals surface area (Å²) in [5.41, 5.74) is -0.291. The molecule has 0 saturated carbocycles. The molecule has 0 aromatic heterocycles. The van der Waals surface area contributed by atoms with Gasteiger partial charge in [0.15, 0.2) is 0 Å². The van der Waals surface area contributed by atoms with Crippen molar-refractivity contribution in [2.24, 2.45) is 5.41 Å². The molecule has 0 heterocycles. The molecule has 0 fully saturated rings. The number of rotatable bonds is 7. The van der Waals surface area contributed by atoms with Gasteiger partial charge >= 0.3 is 12.1 Å². The van der Waals surface area contributed by atoms with Crippen LogP contribution in [0.4, 0.5) is 10.5 Å². The molecule has 0 bridgehead atoms. The summed E-state index contributed by atoms with van der Waals surface area (Å²) >= 11 is 0. The molecular weight excluding hydrogens is 352 g/mol. The van der Waals surface area contributed by atoms with Crippen molar-refractivity contribution in [3.63, 3.8) is 0 Å². The van der Waals surface area contributed by atoms with E-state index in [4.69, 9.17) is 4.74 Å². The molecule has 142 valence electrons. The van der Waals surface area contributed by atoms with Gasteiger partial charge in [-0.1, -0.05) is 42.5 Å². The first kappa shape index (κ1) is 19.9. The lowest BCUT2D eigenvalue weighted by molar-refractivity contribution is -0.384. The Morgan fingerprint density at radius 2 is 1.74 bits per heavy atom. The fraction of sp³-hybridized carbons (Fsp3) is 0.263. The summed E-state index contributed by atoms with van der Waals surface area (Å²) < 4.78 is 5.17. The van der Waals surface area contributed by atoms with Crippen LogP contribution in [0.25, 0.3) is 0 Å². The van der Waals surface area contributed by atoms with Crippen LogP contribution in [0.2, 0.25) is 0 Å². The lowest BCUT2D eigenvalue weighted by atomic mass is 9.80. The highest BCUT2D eigenvalue weighted by Gasteiger charge is 2.39. The molecule has 0 unspecified atom stereocenters. The number of carboxylic acids is 1. The molecule has 0 aliphatic carbocycles. The number of aliphatic carboxylic acids is 1. The van der Waals surface area contributed by atoms with E-state index in [1.54, 1.807) is 12.1 Å². The average molecular weight is 372 g/mol. The number of nitro groups is 1. The van der Waals surface area contributed by atoms with E-state index in [1.165, 1.54) is 38.1 Å². The van der Waals surface area contributed by atoms with Crippen LogP contribution in [0.1, 0.15) is 31.0 Å². The third-order valence-corrected chi connectivity index (χ3v) is 4.19. The number of hydrogen-bond donors (Lipinski definition) is 2.